The van der Waals surface area contributed by atoms with Crippen molar-refractivity contribution in [1.82, 2.24) is 15.6 Å². The molecule has 0 aliphatic carbocycles. The number of sulfonamides is 1. The standard InChI is InChI=1S/C15H15N3O4S2/c1-2-8-16-24(21,22)12-6-3-5-11(10-12)14(19)17-18-15(20)13-7-4-9-23-13/h2-7,9-10,16H,1,8H2,(H,17,19)(H,18,20). The van der Waals surface area contributed by atoms with E-state index in [9.17, 15) is 18.0 Å². The first-order valence-corrected chi connectivity index (χ1v) is 9.15. The van der Waals surface area contributed by atoms with E-state index in [1.807, 2.05) is 0 Å². The van der Waals surface area contributed by atoms with Crippen LogP contribution in [0.5, 0.6) is 0 Å². The van der Waals surface area contributed by atoms with E-state index in [0.29, 0.717) is 4.88 Å². The highest BCUT2D eigenvalue weighted by Gasteiger charge is 2.16. The summed E-state index contributed by atoms with van der Waals surface area (Å²) in [7, 11) is -3.73. The normalized spacial score (nSPS) is 10.8. The molecule has 0 bridgehead atoms. The van der Waals surface area contributed by atoms with Gasteiger partial charge in [0, 0.05) is 12.1 Å². The summed E-state index contributed by atoms with van der Waals surface area (Å²) in [4.78, 5) is 24.2. The van der Waals surface area contributed by atoms with Crippen LogP contribution in [0.1, 0.15) is 20.0 Å². The third-order valence-corrected chi connectivity index (χ3v) is 5.15. The maximum Gasteiger partial charge on any atom is 0.279 e. The number of rotatable bonds is 6. The minimum atomic E-state index is -3.73. The Labute approximate surface area is 143 Å². The third-order valence-electron chi connectivity index (χ3n) is 2.86. The summed E-state index contributed by atoms with van der Waals surface area (Å²) in [5.41, 5.74) is 4.61. The van der Waals surface area contributed by atoms with Crippen molar-refractivity contribution in [2.75, 3.05) is 6.54 Å². The molecule has 3 N–H and O–H groups in total. The van der Waals surface area contributed by atoms with E-state index in [4.69, 9.17) is 0 Å². The fourth-order valence-corrected chi connectivity index (χ4v) is 3.37. The van der Waals surface area contributed by atoms with Crippen molar-refractivity contribution in [2.24, 2.45) is 0 Å². The molecule has 1 heterocycles. The van der Waals surface area contributed by atoms with E-state index >= 15 is 0 Å². The summed E-state index contributed by atoms with van der Waals surface area (Å²) >= 11 is 1.23. The van der Waals surface area contributed by atoms with E-state index in [1.54, 1.807) is 17.5 Å². The average molecular weight is 365 g/mol. The predicted octanol–water partition coefficient (Wildman–Crippen LogP) is 1.29. The molecule has 0 unspecified atom stereocenters. The fraction of sp³-hybridized carbons (Fsp3) is 0.0667. The minimum Gasteiger partial charge on any atom is -0.267 e. The molecular formula is C15H15N3O4S2. The molecule has 0 aliphatic rings. The van der Waals surface area contributed by atoms with Crippen LogP contribution < -0.4 is 15.6 Å². The van der Waals surface area contributed by atoms with Gasteiger partial charge >= 0.3 is 0 Å². The van der Waals surface area contributed by atoms with Gasteiger partial charge in [0.05, 0.1) is 9.77 Å². The second-order valence-electron chi connectivity index (χ2n) is 4.55. The molecule has 24 heavy (non-hydrogen) atoms. The van der Waals surface area contributed by atoms with Crippen molar-refractivity contribution in [3.63, 3.8) is 0 Å². The van der Waals surface area contributed by atoms with Crippen molar-refractivity contribution >= 4 is 33.2 Å². The Kier molecular flexibility index (Phi) is 5.85. The van der Waals surface area contributed by atoms with Crippen LogP contribution in [0, 0.1) is 0 Å². The largest absolute Gasteiger partial charge is 0.279 e. The topological polar surface area (TPSA) is 104 Å². The highest BCUT2D eigenvalue weighted by Crippen LogP contribution is 2.11. The van der Waals surface area contributed by atoms with Crippen LogP contribution in [0.3, 0.4) is 0 Å². The van der Waals surface area contributed by atoms with Crippen LogP contribution in [0.4, 0.5) is 0 Å². The van der Waals surface area contributed by atoms with Gasteiger partial charge in [-0.3, -0.25) is 20.4 Å². The van der Waals surface area contributed by atoms with Gasteiger partial charge in [0.25, 0.3) is 11.8 Å². The molecule has 2 amide bonds. The lowest BCUT2D eigenvalue weighted by Crippen LogP contribution is -2.41. The molecule has 0 radical (unpaired) electrons. The van der Waals surface area contributed by atoms with E-state index in [2.05, 4.69) is 22.2 Å². The van der Waals surface area contributed by atoms with Crippen LogP contribution in [0.25, 0.3) is 0 Å². The Balaban J connectivity index is 2.06. The number of carbonyl (C=O) groups excluding carboxylic acids is 2. The van der Waals surface area contributed by atoms with Gasteiger partial charge in [0.1, 0.15) is 0 Å². The molecule has 0 saturated heterocycles. The Hall–Kier alpha value is -2.49. The maximum atomic E-state index is 12.1. The lowest BCUT2D eigenvalue weighted by Gasteiger charge is -2.08. The average Bonchev–Trinajstić information content (AvgIpc) is 3.12. The van der Waals surface area contributed by atoms with Gasteiger partial charge < -0.3 is 0 Å². The molecule has 1 aromatic heterocycles. The number of hydrogen-bond acceptors (Lipinski definition) is 5. The van der Waals surface area contributed by atoms with Gasteiger partial charge in [-0.1, -0.05) is 18.2 Å². The fourth-order valence-electron chi connectivity index (χ4n) is 1.71. The van der Waals surface area contributed by atoms with Crippen molar-refractivity contribution < 1.29 is 18.0 Å². The van der Waals surface area contributed by atoms with Crippen molar-refractivity contribution in [3.05, 3.63) is 64.9 Å². The summed E-state index contributed by atoms with van der Waals surface area (Å²) in [5, 5.41) is 1.74. The summed E-state index contributed by atoms with van der Waals surface area (Å²) in [6.07, 6.45) is 1.41. The number of carbonyl (C=O) groups is 2. The van der Waals surface area contributed by atoms with Crippen LogP contribution >= 0.6 is 11.3 Å². The second-order valence-corrected chi connectivity index (χ2v) is 7.27. The monoisotopic (exact) mass is 365 g/mol. The van der Waals surface area contributed by atoms with Crippen molar-refractivity contribution in [3.8, 4) is 0 Å². The number of thiophene rings is 1. The molecule has 1 aromatic carbocycles. The molecule has 0 fully saturated rings. The lowest BCUT2D eigenvalue weighted by molar-refractivity contribution is 0.0849. The first-order chi connectivity index (χ1) is 11.4. The molecule has 0 aliphatic heterocycles. The zero-order chi connectivity index (χ0) is 17.6. The Morgan fingerprint density at radius 1 is 1.12 bits per heavy atom. The van der Waals surface area contributed by atoms with Gasteiger partial charge in [-0.05, 0) is 29.6 Å². The predicted molar refractivity (Wildman–Crippen MR) is 91.1 cm³/mol. The molecule has 0 saturated carbocycles. The molecule has 7 nitrogen and oxygen atoms in total. The van der Waals surface area contributed by atoms with Gasteiger partial charge in [0.2, 0.25) is 10.0 Å². The van der Waals surface area contributed by atoms with E-state index < -0.39 is 21.8 Å². The van der Waals surface area contributed by atoms with Gasteiger partial charge in [-0.15, -0.1) is 17.9 Å². The number of nitrogens with one attached hydrogen (secondary N) is 3. The molecule has 9 heteroatoms. The molecule has 2 rings (SSSR count). The lowest BCUT2D eigenvalue weighted by atomic mass is 10.2. The molecule has 126 valence electrons. The van der Waals surface area contributed by atoms with Gasteiger partial charge in [-0.2, -0.15) is 0 Å². The van der Waals surface area contributed by atoms with E-state index in [-0.39, 0.29) is 17.0 Å². The summed E-state index contributed by atoms with van der Waals surface area (Å²) < 4.78 is 26.4. The summed E-state index contributed by atoms with van der Waals surface area (Å²) in [6.45, 7) is 3.51. The molecule has 0 spiro atoms. The molecular weight excluding hydrogens is 350 g/mol. The maximum absolute atomic E-state index is 12.1. The van der Waals surface area contributed by atoms with E-state index in [0.717, 1.165) is 0 Å². The minimum absolute atomic E-state index is 0.0541. The van der Waals surface area contributed by atoms with Crippen molar-refractivity contribution in [2.45, 2.75) is 4.90 Å². The van der Waals surface area contributed by atoms with Crippen molar-refractivity contribution in [1.29, 1.82) is 0 Å². The Bertz CT molecular complexity index is 845. The zero-order valence-corrected chi connectivity index (χ0v) is 14.1. The van der Waals surface area contributed by atoms with Gasteiger partial charge in [-0.25, -0.2) is 13.1 Å². The first kappa shape index (κ1) is 17.9. The number of hydrazine groups is 1. The highest BCUT2D eigenvalue weighted by molar-refractivity contribution is 7.89. The Morgan fingerprint density at radius 2 is 1.88 bits per heavy atom. The molecule has 0 atom stereocenters. The smallest absolute Gasteiger partial charge is 0.267 e. The Morgan fingerprint density at radius 3 is 2.54 bits per heavy atom. The summed E-state index contributed by atoms with van der Waals surface area (Å²) in [5.74, 6) is -1.07. The van der Waals surface area contributed by atoms with Crippen LogP contribution in [-0.2, 0) is 10.0 Å². The zero-order valence-electron chi connectivity index (χ0n) is 12.5. The second kappa shape index (κ2) is 7.86. The van der Waals surface area contributed by atoms with Crippen LogP contribution in [0.15, 0.2) is 59.3 Å². The van der Waals surface area contributed by atoms with Gasteiger partial charge in [0.15, 0.2) is 0 Å². The van der Waals surface area contributed by atoms with Crippen LogP contribution in [-0.4, -0.2) is 26.8 Å². The SMILES string of the molecule is C=CCNS(=O)(=O)c1cccc(C(=O)NNC(=O)c2cccs2)c1. The number of hydrogen-bond donors (Lipinski definition) is 3. The van der Waals surface area contributed by atoms with E-state index in [1.165, 1.54) is 41.7 Å². The number of benzene rings is 1. The number of amides is 2. The quantitative estimate of drug-likeness (QED) is 0.530. The highest BCUT2D eigenvalue weighted by atomic mass is 32.2. The molecule has 2 aromatic rings. The first-order valence-electron chi connectivity index (χ1n) is 6.79. The third kappa shape index (κ3) is 4.51. The van der Waals surface area contributed by atoms with Crippen LogP contribution in [0.2, 0.25) is 0 Å². The summed E-state index contributed by atoms with van der Waals surface area (Å²) in [6, 6.07) is 8.80.